The van der Waals surface area contributed by atoms with Gasteiger partial charge in [0.05, 0.1) is 132 Å². The lowest BCUT2D eigenvalue weighted by Gasteiger charge is -2.58. The fraction of sp³-hybridized carbons (Fsp3) is 0.860. The molecule has 2 unspecified atom stereocenters. The van der Waals surface area contributed by atoms with E-state index in [0.717, 1.165) is 114 Å². The minimum absolute atomic E-state index is 0.0319. The molecule has 0 aromatic carbocycles. The Kier molecular flexibility index (Phi) is 41.0. The molecule has 0 radical (unpaired) electrons. The fourth-order valence-corrected chi connectivity index (χ4v) is 22.8. The predicted molar refractivity (Wildman–Crippen MR) is 453 cm³/mol. The summed E-state index contributed by atoms with van der Waals surface area (Å²) in [5.41, 5.74) is 4.38. The molecule has 0 saturated heterocycles. The van der Waals surface area contributed by atoms with Gasteiger partial charge in [0.15, 0.2) is 0 Å². The van der Waals surface area contributed by atoms with Gasteiger partial charge in [-0.2, -0.15) is 0 Å². The third kappa shape index (κ3) is 29.0. The highest BCUT2D eigenvalue weighted by Crippen LogP contribution is 2.69. The summed E-state index contributed by atoms with van der Waals surface area (Å²) in [6, 6.07) is 0. The van der Waals surface area contributed by atoms with Crippen LogP contribution in [-0.4, -0.2) is 242 Å². The first-order chi connectivity index (χ1) is 56.9. The first kappa shape index (κ1) is 96.7. The molecule has 0 spiro atoms. The zero-order valence-corrected chi connectivity index (χ0v) is 74.3. The summed E-state index contributed by atoms with van der Waals surface area (Å²) in [6.07, 6.45) is 33.9. The number of hydrogen-bond acceptors (Lipinski definition) is 19. The van der Waals surface area contributed by atoms with Crippen LogP contribution in [-0.2, 0) is 80.8 Å². The Bertz CT molecular complexity index is 2980. The second-order valence-electron chi connectivity index (χ2n) is 37.6. The second-order valence-corrected chi connectivity index (χ2v) is 37.6. The van der Waals surface area contributed by atoms with Crippen LogP contribution in [0.25, 0.3) is 0 Å². The second kappa shape index (κ2) is 50.0. The summed E-state index contributed by atoms with van der Waals surface area (Å²) in [7, 11) is 0. The van der Waals surface area contributed by atoms with Crippen molar-refractivity contribution < 1.29 is 90.4 Å². The molecule has 1 heterocycles. The topological polar surface area (TPSA) is 285 Å². The number of hydrogen-bond donors (Lipinski definition) is 4. The van der Waals surface area contributed by atoms with Gasteiger partial charge < -0.3 is 83.0 Å². The third-order valence-corrected chi connectivity index (χ3v) is 29.2. The molecule has 118 heavy (non-hydrogen) atoms. The van der Waals surface area contributed by atoms with Gasteiger partial charge in [0.2, 0.25) is 17.7 Å². The molecule has 7 amide bonds. The lowest BCUT2D eigenvalue weighted by Crippen LogP contribution is -2.51. The van der Waals surface area contributed by atoms with Crippen molar-refractivity contribution in [3.05, 3.63) is 35.5 Å². The SMILES string of the molecule is CC(C)CCC[C@H](C)[C@@H]1CC[C@@H]2[C@H]3CC=C4CC(OC(=O)NCCOCCNC(=O)CCOCCOCCOCCOCCN(CCOCCOCCOCCOCCC(=O)NCCOCCNC(=O)OC5CC[C@]6(C)C(=CC[C@@H]7[C@H]8CC[C@@H]([C@@H](C)CCCC(C)C)[C@]8(C)CC[C@H]76)C5)C(=O)CCN5C(=O)C=CC5=O)CC[C@@]4(C)[C@@H]3CC[C@]21C. The molecular formula is C93H156N6O19. The Balaban J connectivity index is 0.500. The van der Waals surface area contributed by atoms with Crippen LogP contribution in [0.5, 0.6) is 0 Å². The van der Waals surface area contributed by atoms with Gasteiger partial charge in [0.1, 0.15) is 12.2 Å². The highest BCUT2D eigenvalue weighted by atomic mass is 16.6. The van der Waals surface area contributed by atoms with Gasteiger partial charge in [-0.25, -0.2) is 9.59 Å². The van der Waals surface area contributed by atoms with E-state index >= 15 is 0 Å². The van der Waals surface area contributed by atoms with Crippen LogP contribution < -0.4 is 21.3 Å². The van der Waals surface area contributed by atoms with Crippen molar-refractivity contribution in [2.24, 2.45) is 92.7 Å². The fourth-order valence-electron chi connectivity index (χ4n) is 22.8. The number of allylic oxidation sites excluding steroid dienone is 2. The van der Waals surface area contributed by atoms with Crippen molar-refractivity contribution in [3.8, 4) is 0 Å². The molecule has 6 saturated carbocycles. The van der Waals surface area contributed by atoms with Crippen LogP contribution >= 0.6 is 0 Å². The number of carbonyl (C=O) groups is 7. The highest BCUT2D eigenvalue weighted by Gasteiger charge is 2.61. The van der Waals surface area contributed by atoms with Crippen LogP contribution in [0.1, 0.15) is 230 Å². The Hall–Kier alpha value is -5.09. The summed E-state index contributed by atoms with van der Waals surface area (Å²) >= 11 is 0. The average Bonchev–Trinajstić information content (AvgIpc) is 1.44. The molecule has 25 nitrogen and oxygen atoms in total. The summed E-state index contributed by atoms with van der Waals surface area (Å²) < 4.78 is 68.4. The van der Waals surface area contributed by atoms with Gasteiger partial charge in [-0.15, -0.1) is 0 Å². The van der Waals surface area contributed by atoms with Gasteiger partial charge >= 0.3 is 12.2 Å². The number of nitrogens with one attached hydrogen (secondary N) is 4. The maximum atomic E-state index is 13.3. The molecular weight excluding hydrogens is 1510 g/mol. The van der Waals surface area contributed by atoms with Gasteiger partial charge in [-0.1, -0.05) is 131 Å². The number of fused-ring (bicyclic) bond motifs is 10. The number of imide groups is 1. The Morgan fingerprint density at radius 3 is 1.15 bits per heavy atom. The maximum absolute atomic E-state index is 13.3. The predicted octanol–water partition coefficient (Wildman–Crippen LogP) is 13.6. The zero-order chi connectivity index (χ0) is 84.3. The van der Waals surface area contributed by atoms with Gasteiger partial charge in [-0.05, 0) is 183 Å². The molecule has 9 aliphatic rings. The minimum Gasteiger partial charge on any atom is -0.446 e. The number of ether oxygens (including phenoxy) is 12. The summed E-state index contributed by atoms with van der Waals surface area (Å²) in [5.74, 6) is 8.13. The largest absolute Gasteiger partial charge is 0.446 e. The molecule has 4 N–H and O–H groups in total. The van der Waals surface area contributed by atoms with Crippen LogP contribution in [0.15, 0.2) is 35.5 Å². The van der Waals surface area contributed by atoms with Crippen molar-refractivity contribution >= 4 is 41.7 Å². The van der Waals surface area contributed by atoms with E-state index in [9.17, 15) is 33.6 Å². The molecule has 8 aliphatic carbocycles. The number of carbonyl (C=O) groups excluding carboxylic acids is 7. The van der Waals surface area contributed by atoms with Crippen molar-refractivity contribution in [2.45, 2.75) is 242 Å². The van der Waals surface area contributed by atoms with Gasteiger partial charge in [-0.3, -0.25) is 28.9 Å². The van der Waals surface area contributed by atoms with E-state index < -0.39 is 24.0 Å². The zero-order valence-electron chi connectivity index (χ0n) is 74.3. The van der Waals surface area contributed by atoms with E-state index in [-0.39, 0.29) is 119 Å². The molecule has 0 aromatic heterocycles. The third-order valence-electron chi connectivity index (χ3n) is 29.2. The van der Waals surface area contributed by atoms with E-state index in [4.69, 9.17) is 56.8 Å². The normalized spacial score (nSPS) is 28.7. The van der Waals surface area contributed by atoms with Crippen LogP contribution in [0.4, 0.5) is 9.59 Å². The summed E-state index contributed by atoms with van der Waals surface area (Å²) in [4.78, 5) is 90.6. The molecule has 16 atom stereocenters. The van der Waals surface area contributed by atoms with Gasteiger partial charge in [0, 0.05) is 90.1 Å². The molecule has 25 heteroatoms. The lowest BCUT2D eigenvalue weighted by molar-refractivity contribution is -0.138. The first-order valence-corrected chi connectivity index (χ1v) is 46.3. The van der Waals surface area contributed by atoms with Crippen LogP contribution in [0, 0.1) is 92.7 Å². The molecule has 1 aliphatic heterocycles. The van der Waals surface area contributed by atoms with E-state index in [2.05, 4.69) is 103 Å². The van der Waals surface area contributed by atoms with Crippen molar-refractivity contribution in [2.75, 3.05) is 178 Å². The number of rotatable bonds is 57. The maximum Gasteiger partial charge on any atom is 0.407 e. The van der Waals surface area contributed by atoms with Gasteiger partial charge in [0.25, 0.3) is 11.8 Å². The first-order valence-electron chi connectivity index (χ1n) is 46.3. The van der Waals surface area contributed by atoms with E-state index in [1.165, 1.54) is 126 Å². The molecule has 672 valence electrons. The highest BCUT2D eigenvalue weighted by molar-refractivity contribution is 6.13. The molecule has 9 rings (SSSR count). The van der Waals surface area contributed by atoms with Crippen molar-refractivity contribution in [1.82, 2.24) is 31.1 Å². The monoisotopic (exact) mass is 1660 g/mol. The summed E-state index contributed by atoms with van der Waals surface area (Å²) in [5, 5.41) is 11.4. The molecule has 0 aromatic rings. The molecule has 0 bridgehead atoms. The Morgan fingerprint density at radius 2 is 0.771 bits per heavy atom. The average molecular weight is 1660 g/mol. The lowest BCUT2D eigenvalue weighted by atomic mass is 9.47. The standard InChI is InChI=1S/C93H156N6O19/c1-67(2)13-11-15-69(5)77-21-23-79-75-19-17-71-65-73(27-34-90(71,7)81(75)29-36-92(77,79)9)117-88(105)96-40-49-109-47-38-94-83(100)32-45-107-53-57-113-61-63-115-59-55-111-51-43-98(85(102)31-42-99-86(103)25-26-87(99)104)44-52-112-56-60-116-64-62-114-58-54-108-46-33-84(101)95-39-48-110-50-41-97-89(106)118-74-28-35-91(8)72(66-74)18-20-76-80-24-22-78(70(6)16-12-14-68(3)4)93(80,10)37-30-82(76)91/h17-18,25-26,67-70,73-82H,11-16,19-24,27-66H2,1-10H3,(H,94,100)(H,95,101)(H,96,105)(H,97,106)/t69-,70-,73?,74?,75+,76+,77-,78-,79+,80+,81+,82+,90+,91+,92-,93-/m0/s1. The smallest absolute Gasteiger partial charge is 0.407 e. The van der Waals surface area contributed by atoms with Crippen LogP contribution in [0.2, 0.25) is 0 Å². The molecule has 6 fully saturated rings. The van der Waals surface area contributed by atoms with E-state index in [1.54, 1.807) is 4.90 Å². The van der Waals surface area contributed by atoms with Crippen LogP contribution in [0.3, 0.4) is 0 Å². The quantitative estimate of drug-likeness (QED) is 0.0250. The van der Waals surface area contributed by atoms with E-state index in [1.807, 2.05) is 0 Å². The van der Waals surface area contributed by atoms with Crippen molar-refractivity contribution in [3.63, 3.8) is 0 Å². The number of nitrogens with zero attached hydrogens (tertiary/aromatic N) is 2. The summed E-state index contributed by atoms with van der Waals surface area (Å²) in [6.45, 7) is 32.8. The van der Waals surface area contributed by atoms with E-state index in [0.29, 0.717) is 130 Å². The number of alkyl carbamates (subject to hydrolysis) is 2. The Morgan fingerprint density at radius 1 is 0.415 bits per heavy atom. The Labute approximate surface area is 707 Å². The number of amides is 7. The van der Waals surface area contributed by atoms with Crippen molar-refractivity contribution in [1.29, 1.82) is 0 Å². The minimum atomic E-state index is -0.447.